The number of halogens is 1. The quantitative estimate of drug-likeness (QED) is 0.298. The summed E-state index contributed by atoms with van der Waals surface area (Å²) in [4.78, 5) is 6.52. The molecule has 0 radical (unpaired) electrons. The molecule has 2 aromatic carbocycles. The third-order valence-corrected chi connectivity index (χ3v) is 7.25. The molecule has 184 valence electrons. The van der Waals surface area contributed by atoms with E-state index in [9.17, 15) is 8.42 Å². The highest BCUT2D eigenvalue weighted by Gasteiger charge is 2.42. The van der Waals surface area contributed by atoms with Crippen LogP contribution in [-0.2, 0) is 10.0 Å². The second kappa shape index (κ2) is 9.57. The van der Waals surface area contributed by atoms with Gasteiger partial charge in [0.1, 0.15) is 17.6 Å². The van der Waals surface area contributed by atoms with Crippen LogP contribution in [0, 0.1) is 6.92 Å². The number of anilines is 2. The SMILES string of the molecule is Cc1ccc(-c2ccc([C@@H]3[C@@H](c4ccccn4)NC(=S)N3c3ccc(NS(C)(=O)=O)cc3)o2)cc1Cl. The summed E-state index contributed by atoms with van der Waals surface area (Å²) in [5.41, 5.74) is 3.94. The number of nitrogens with zero attached hydrogens (tertiary/aromatic N) is 2. The highest BCUT2D eigenvalue weighted by molar-refractivity contribution is 7.92. The van der Waals surface area contributed by atoms with Gasteiger partial charge in [-0.25, -0.2) is 8.42 Å². The first kappa shape index (κ1) is 24.3. The maximum Gasteiger partial charge on any atom is 0.229 e. The lowest BCUT2D eigenvalue weighted by Gasteiger charge is -2.26. The maximum absolute atomic E-state index is 11.6. The Bertz CT molecular complexity index is 1520. The number of aromatic nitrogens is 1. The van der Waals surface area contributed by atoms with E-state index in [-0.39, 0.29) is 12.1 Å². The molecule has 1 fully saturated rings. The van der Waals surface area contributed by atoms with Crippen molar-refractivity contribution >= 4 is 50.3 Å². The molecule has 4 aromatic rings. The van der Waals surface area contributed by atoms with Crippen molar-refractivity contribution in [2.75, 3.05) is 15.9 Å². The average Bonchev–Trinajstić information content (AvgIpc) is 3.46. The molecule has 2 atom stereocenters. The molecule has 10 heteroatoms. The topological polar surface area (TPSA) is 87.5 Å². The van der Waals surface area contributed by atoms with Gasteiger partial charge in [0.25, 0.3) is 0 Å². The van der Waals surface area contributed by atoms with E-state index < -0.39 is 10.0 Å². The molecule has 0 aliphatic carbocycles. The van der Waals surface area contributed by atoms with Crippen molar-refractivity contribution in [1.82, 2.24) is 10.3 Å². The zero-order valence-electron chi connectivity index (χ0n) is 19.5. The standard InChI is InChI=1S/C26H23ClN4O3S2/c1-16-6-7-17(15-20(16)27)22-12-13-23(34-22)25-24(21-5-3-4-14-28-21)29-26(35)31(25)19-10-8-18(9-11-19)30-36(2,32)33/h3-15,24-25,30H,1-2H3,(H,29,35)/t24-,25-/m1/s1. The third kappa shape index (κ3) is 4.95. The zero-order chi connectivity index (χ0) is 25.4. The van der Waals surface area contributed by atoms with Crippen LogP contribution in [0.3, 0.4) is 0 Å². The molecule has 2 N–H and O–H groups in total. The van der Waals surface area contributed by atoms with Gasteiger partial charge in [-0.05, 0) is 79.3 Å². The molecule has 0 bridgehead atoms. The largest absolute Gasteiger partial charge is 0.459 e. The van der Waals surface area contributed by atoms with E-state index in [1.165, 1.54) is 0 Å². The molecule has 36 heavy (non-hydrogen) atoms. The minimum absolute atomic E-state index is 0.270. The van der Waals surface area contributed by atoms with Crippen LogP contribution in [0.2, 0.25) is 5.02 Å². The van der Waals surface area contributed by atoms with E-state index in [0.29, 0.717) is 27.3 Å². The summed E-state index contributed by atoms with van der Waals surface area (Å²) in [5.74, 6) is 1.39. The first-order valence-electron chi connectivity index (χ1n) is 11.1. The Labute approximate surface area is 220 Å². The first-order valence-corrected chi connectivity index (χ1v) is 13.8. The van der Waals surface area contributed by atoms with Gasteiger partial charge in [0.05, 0.1) is 18.0 Å². The lowest BCUT2D eigenvalue weighted by molar-refractivity contribution is 0.439. The minimum Gasteiger partial charge on any atom is -0.459 e. The normalized spacial score (nSPS) is 17.8. The zero-order valence-corrected chi connectivity index (χ0v) is 21.9. The fraction of sp³-hybridized carbons (Fsp3) is 0.154. The number of nitrogens with one attached hydrogen (secondary N) is 2. The van der Waals surface area contributed by atoms with Gasteiger partial charge in [-0.15, -0.1) is 0 Å². The molecule has 2 aromatic heterocycles. The first-order chi connectivity index (χ1) is 17.2. The van der Waals surface area contributed by atoms with E-state index in [1.54, 1.807) is 18.3 Å². The number of furan rings is 1. The van der Waals surface area contributed by atoms with Crippen molar-refractivity contribution in [2.24, 2.45) is 0 Å². The summed E-state index contributed by atoms with van der Waals surface area (Å²) < 4.78 is 32.1. The highest BCUT2D eigenvalue weighted by Crippen LogP contribution is 2.43. The van der Waals surface area contributed by atoms with Gasteiger partial charge in [-0.2, -0.15) is 0 Å². The predicted molar refractivity (Wildman–Crippen MR) is 147 cm³/mol. The number of thiocarbonyl (C=S) groups is 1. The second-order valence-corrected chi connectivity index (χ2v) is 11.1. The molecule has 0 saturated carbocycles. The van der Waals surface area contributed by atoms with E-state index in [1.807, 2.05) is 72.5 Å². The Morgan fingerprint density at radius 3 is 2.53 bits per heavy atom. The van der Waals surface area contributed by atoms with Crippen LogP contribution in [0.1, 0.15) is 29.1 Å². The Morgan fingerprint density at radius 2 is 1.86 bits per heavy atom. The van der Waals surface area contributed by atoms with E-state index >= 15 is 0 Å². The summed E-state index contributed by atoms with van der Waals surface area (Å²) in [5, 5.41) is 4.57. The molecule has 0 spiro atoms. The van der Waals surface area contributed by atoms with Crippen LogP contribution in [-0.4, -0.2) is 24.8 Å². The number of pyridine rings is 1. The van der Waals surface area contributed by atoms with Gasteiger partial charge < -0.3 is 14.6 Å². The van der Waals surface area contributed by atoms with Crippen LogP contribution in [0.25, 0.3) is 11.3 Å². The van der Waals surface area contributed by atoms with E-state index in [2.05, 4.69) is 15.0 Å². The highest BCUT2D eigenvalue weighted by atomic mass is 35.5. The number of sulfonamides is 1. The molecule has 0 amide bonds. The van der Waals surface area contributed by atoms with E-state index in [4.69, 9.17) is 28.2 Å². The Kier molecular flexibility index (Phi) is 6.46. The van der Waals surface area contributed by atoms with Gasteiger partial charge in [0.15, 0.2) is 5.11 Å². The monoisotopic (exact) mass is 538 g/mol. The lowest BCUT2D eigenvalue weighted by atomic mass is 10.0. The fourth-order valence-electron chi connectivity index (χ4n) is 4.24. The molecular weight excluding hydrogens is 516 g/mol. The number of hydrogen-bond acceptors (Lipinski definition) is 5. The van der Waals surface area contributed by atoms with Crippen molar-refractivity contribution < 1.29 is 12.8 Å². The van der Waals surface area contributed by atoms with E-state index in [0.717, 1.165) is 28.8 Å². The van der Waals surface area contributed by atoms with Gasteiger partial charge >= 0.3 is 0 Å². The van der Waals surface area contributed by atoms with Crippen LogP contribution in [0.5, 0.6) is 0 Å². The van der Waals surface area contributed by atoms with Gasteiger partial charge in [0.2, 0.25) is 10.0 Å². The van der Waals surface area contributed by atoms with Gasteiger partial charge in [-0.1, -0.05) is 29.8 Å². The van der Waals surface area contributed by atoms with Crippen LogP contribution < -0.4 is 14.9 Å². The number of hydrogen-bond donors (Lipinski definition) is 2. The third-order valence-electron chi connectivity index (χ3n) is 5.92. The summed E-state index contributed by atoms with van der Waals surface area (Å²) in [7, 11) is -3.38. The molecule has 1 aliphatic heterocycles. The number of aryl methyl sites for hydroxylation is 1. The summed E-state index contributed by atoms with van der Waals surface area (Å²) in [6, 6.07) is 21.8. The van der Waals surface area contributed by atoms with Crippen LogP contribution in [0.15, 0.2) is 83.4 Å². The molecular formula is C26H23ClN4O3S2. The summed E-state index contributed by atoms with van der Waals surface area (Å²) in [6.07, 6.45) is 2.86. The van der Waals surface area contributed by atoms with Crippen molar-refractivity contribution in [1.29, 1.82) is 0 Å². The van der Waals surface area contributed by atoms with Gasteiger partial charge in [-0.3, -0.25) is 9.71 Å². The predicted octanol–water partition coefficient (Wildman–Crippen LogP) is 5.85. The summed E-state index contributed by atoms with van der Waals surface area (Å²) >= 11 is 12.1. The maximum atomic E-state index is 11.6. The molecule has 0 unspecified atom stereocenters. The van der Waals surface area contributed by atoms with Crippen molar-refractivity contribution in [2.45, 2.75) is 19.0 Å². The molecule has 1 aliphatic rings. The van der Waals surface area contributed by atoms with Crippen molar-refractivity contribution in [3.05, 3.63) is 101 Å². The Hall–Kier alpha value is -3.40. The van der Waals surface area contributed by atoms with Crippen LogP contribution >= 0.6 is 23.8 Å². The lowest BCUT2D eigenvalue weighted by Crippen LogP contribution is -2.29. The van der Waals surface area contributed by atoms with Crippen molar-refractivity contribution in [3.63, 3.8) is 0 Å². The summed E-state index contributed by atoms with van der Waals surface area (Å²) in [6.45, 7) is 1.96. The van der Waals surface area contributed by atoms with Crippen LogP contribution in [0.4, 0.5) is 11.4 Å². The molecule has 5 rings (SSSR count). The number of rotatable bonds is 6. The second-order valence-electron chi connectivity index (χ2n) is 8.58. The average molecular weight is 539 g/mol. The smallest absolute Gasteiger partial charge is 0.229 e. The Balaban J connectivity index is 1.55. The van der Waals surface area contributed by atoms with Crippen molar-refractivity contribution in [3.8, 4) is 11.3 Å². The molecule has 1 saturated heterocycles. The Morgan fingerprint density at radius 1 is 1.08 bits per heavy atom. The minimum atomic E-state index is -3.38. The number of benzene rings is 2. The van der Waals surface area contributed by atoms with Gasteiger partial charge in [0, 0.05) is 28.2 Å². The fourth-order valence-corrected chi connectivity index (χ4v) is 5.33. The molecule has 7 nitrogen and oxygen atoms in total. The molecule has 3 heterocycles.